The van der Waals surface area contributed by atoms with Crippen molar-refractivity contribution in [2.24, 2.45) is 0 Å². The van der Waals surface area contributed by atoms with Crippen LogP contribution in [-0.4, -0.2) is 13.0 Å². The van der Waals surface area contributed by atoms with Crippen molar-refractivity contribution in [3.63, 3.8) is 0 Å². The highest BCUT2D eigenvalue weighted by Gasteiger charge is 2.04. The molecule has 0 aliphatic carbocycles. The highest BCUT2D eigenvalue weighted by molar-refractivity contribution is 6.17. The Balaban J connectivity index is 3.06. The molecule has 0 fully saturated rings. The van der Waals surface area contributed by atoms with E-state index in [1.54, 1.807) is 13.1 Å². The molecule has 1 N–H and O–H groups in total. The number of hydrogen-bond donors (Lipinski definition) is 1. The van der Waals surface area contributed by atoms with Crippen LogP contribution in [0.4, 0.5) is 0 Å². The zero-order valence-corrected chi connectivity index (χ0v) is 8.48. The van der Waals surface area contributed by atoms with E-state index in [0.717, 1.165) is 11.1 Å². The second-order valence-corrected chi connectivity index (χ2v) is 3.12. The lowest BCUT2D eigenvalue weighted by molar-refractivity contribution is 0.0963. The molecule has 0 unspecified atom stereocenters. The molecule has 0 saturated carbocycles. The van der Waals surface area contributed by atoms with Gasteiger partial charge in [0.05, 0.1) is 0 Å². The average Bonchev–Trinajstić information content (AvgIpc) is 2.17. The van der Waals surface area contributed by atoms with Gasteiger partial charge in [0.15, 0.2) is 0 Å². The molecule has 0 atom stereocenters. The standard InChI is InChI=1S/C10H12ClNO/c1-7-3-4-8(10(13)12-2)5-9(7)6-11/h3-5H,6H2,1-2H3,(H,12,13). The maximum absolute atomic E-state index is 11.2. The van der Waals surface area contributed by atoms with E-state index < -0.39 is 0 Å². The molecule has 3 heteroatoms. The molecule has 1 aromatic carbocycles. The lowest BCUT2D eigenvalue weighted by atomic mass is 10.1. The summed E-state index contributed by atoms with van der Waals surface area (Å²) in [7, 11) is 1.61. The highest BCUT2D eigenvalue weighted by atomic mass is 35.5. The fraction of sp³-hybridized carbons (Fsp3) is 0.300. The molecule has 1 aromatic rings. The normalized spacial score (nSPS) is 9.77. The number of carbonyl (C=O) groups is 1. The highest BCUT2D eigenvalue weighted by Crippen LogP contribution is 2.13. The van der Waals surface area contributed by atoms with Crippen molar-refractivity contribution < 1.29 is 4.79 Å². The van der Waals surface area contributed by atoms with Crippen molar-refractivity contribution in [2.75, 3.05) is 7.05 Å². The molecule has 2 nitrogen and oxygen atoms in total. The molecule has 1 rings (SSSR count). The Morgan fingerprint density at radius 2 is 2.23 bits per heavy atom. The lowest BCUT2D eigenvalue weighted by Crippen LogP contribution is -2.17. The minimum absolute atomic E-state index is 0.0774. The molecular weight excluding hydrogens is 186 g/mol. The summed E-state index contributed by atoms with van der Waals surface area (Å²) in [5.41, 5.74) is 2.77. The predicted octanol–water partition coefficient (Wildman–Crippen LogP) is 2.09. The summed E-state index contributed by atoms with van der Waals surface area (Å²) in [6, 6.07) is 5.52. The van der Waals surface area contributed by atoms with Gasteiger partial charge in [0.25, 0.3) is 5.91 Å². The Morgan fingerprint density at radius 1 is 1.54 bits per heavy atom. The van der Waals surface area contributed by atoms with Crippen LogP contribution in [0.1, 0.15) is 21.5 Å². The minimum Gasteiger partial charge on any atom is -0.355 e. The summed E-state index contributed by atoms with van der Waals surface area (Å²) in [5, 5.41) is 2.57. The fourth-order valence-electron chi connectivity index (χ4n) is 1.10. The first kappa shape index (κ1) is 10.1. The number of halogens is 1. The average molecular weight is 198 g/mol. The van der Waals surface area contributed by atoms with E-state index in [-0.39, 0.29) is 5.91 Å². The molecule has 1 amide bonds. The Labute approximate surface area is 82.9 Å². The smallest absolute Gasteiger partial charge is 0.251 e. The summed E-state index contributed by atoms with van der Waals surface area (Å²) < 4.78 is 0. The molecule has 0 aliphatic rings. The van der Waals surface area contributed by atoms with Crippen LogP contribution in [0.25, 0.3) is 0 Å². The quantitative estimate of drug-likeness (QED) is 0.723. The molecule has 0 radical (unpaired) electrons. The van der Waals surface area contributed by atoms with Gasteiger partial charge in [-0.1, -0.05) is 6.07 Å². The fourth-order valence-corrected chi connectivity index (χ4v) is 1.39. The molecule has 0 spiro atoms. The Kier molecular flexibility index (Phi) is 3.32. The van der Waals surface area contributed by atoms with Gasteiger partial charge < -0.3 is 5.32 Å². The zero-order chi connectivity index (χ0) is 9.84. The van der Waals surface area contributed by atoms with Gasteiger partial charge in [0, 0.05) is 18.5 Å². The first-order valence-corrected chi connectivity index (χ1v) is 4.60. The van der Waals surface area contributed by atoms with Crippen LogP contribution in [0, 0.1) is 6.92 Å². The van der Waals surface area contributed by atoms with E-state index in [4.69, 9.17) is 11.6 Å². The maximum atomic E-state index is 11.2. The summed E-state index contributed by atoms with van der Waals surface area (Å²) in [5.74, 6) is 0.364. The van der Waals surface area contributed by atoms with Gasteiger partial charge >= 0.3 is 0 Å². The largest absolute Gasteiger partial charge is 0.355 e. The number of aryl methyl sites for hydroxylation is 1. The van der Waals surface area contributed by atoms with Crippen molar-refractivity contribution in [1.29, 1.82) is 0 Å². The third-order valence-electron chi connectivity index (χ3n) is 1.98. The first-order chi connectivity index (χ1) is 6.19. The van der Waals surface area contributed by atoms with E-state index in [1.807, 2.05) is 19.1 Å². The third-order valence-corrected chi connectivity index (χ3v) is 2.27. The molecule has 0 heterocycles. The van der Waals surface area contributed by atoms with Gasteiger partial charge in [-0.3, -0.25) is 4.79 Å². The van der Waals surface area contributed by atoms with Gasteiger partial charge in [-0.2, -0.15) is 0 Å². The van der Waals surface area contributed by atoms with E-state index in [9.17, 15) is 4.79 Å². The summed E-state index contributed by atoms with van der Waals surface area (Å²) in [6.07, 6.45) is 0. The maximum Gasteiger partial charge on any atom is 0.251 e. The number of amides is 1. The SMILES string of the molecule is CNC(=O)c1ccc(C)c(CCl)c1. The minimum atomic E-state index is -0.0774. The summed E-state index contributed by atoms with van der Waals surface area (Å²) in [4.78, 5) is 11.2. The van der Waals surface area contributed by atoms with Crippen LogP contribution in [-0.2, 0) is 5.88 Å². The number of rotatable bonds is 2. The Morgan fingerprint density at radius 3 is 2.77 bits per heavy atom. The molecule has 0 aliphatic heterocycles. The van der Waals surface area contributed by atoms with Crippen LogP contribution >= 0.6 is 11.6 Å². The topological polar surface area (TPSA) is 29.1 Å². The zero-order valence-electron chi connectivity index (χ0n) is 7.73. The molecule has 70 valence electrons. The van der Waals surface area contributed by atoms with E-state index >= 15 is 0 Å². The van der Waals surface area contributed by atoms with Crippen molar-refractivity contribution in [3.05, 3.63) is 34.9 Å². The molecule has 0 saturated heterocycles. The van der Waals surface area contributed by atoms with E-state index in [1.165, 1.54) is 0 Å². The summed E-state index contributed by atoms with van der Waals surface area (Å²) in [6.45, 7) is 1.98. The van der Waals surface area contributed by atoms with Gasteiger partial charge in [0.1, 0.15) is 0 Å². The first-order valence-electron chi connectivity index (χ1n) is 4.06. The molecular formula is C10H12ClNO. The van der Waals surface area contributed by atoms with Crippen LogP contribution < -0.4 is 5.32 Å². The molecule has 0 aromatic heterocycles. The number of alkyl halides is 1. The van der Waals surface area contributed by atoms with Gasteiger partial charge in [-0.15, -0.1) is 11.6 Å². The van der Waals surface area contributed by atoms with Crippen molar-refractivity contribution >= 4 is 17.5 Å². The molecule has 13 heavy (non-hydrogen) atoms. The third kappa shape index (κ3) is 2.22. The monoisotopic (exact) mass is 197 g/mol. The Bertz CT molecular complexity index is 323. The molecule has 0 bridgehead atoms. The summed E-state index contributed by atoms with van der Waals surface area (Å²) >= 11 is 5.72. The second-order valence-electron chi connectivity index (χ2n) is 2.85. The number of hydrogen-bond acceptors (Lipinski definition) is 1. The number of nitrogens with one attached hydrogen (secondary N) is 1. The Hall–Kier alpha value is -1.02. The number of carbonyl (C=O) groups excluding carboxylic acids is 1. The van der Waals surface area contributed by atoms with Crippen molar-refractivity contribution in [2.45, 2.75) is 12.8 Å². The van der Waals surface area contributed by atoms with Gasteiger partial charge in [-0.25, -0.2) is 0 Å². The second kappa shape index (κ2) is 4.28. The van der Waals surface area contributed by atoms with Gasteiger partial charge in [0.2, 0.25) is 0 Å². The van der Waals surface area contributed by atoms with E-state index in [2.05, 4.69) is 5.32 Å². The van der Waals surface area contributed by atoms with E-state index in [0.29, 0.717) is 11.4 Å². The predicted molar refractivity (Wildman–Crippen MR) is 54.1 cm³/mol. The lowest BCUT2D eigenvalue weighted by Gasteiger charge is -2.04. The van der Waals surface area contributed by atoms with Crippen LogP contribution in [0.5, 0.6) is 0 Å². The van der Waals surface area contributed by atoms with Crippen LogP contribution in [0.3, 0.4) is 0 Å². The van der Waals surface area contributed by atoms with Crippen LogP contribution in [0.15, 0.2) is 18.2 Å². The number of benzene rings is 1. The van der Waals surface area contributed by atoms with Gasteiger partial charge in [-0.05, 0) is 30.2 Å². The van der Waals surface area contributed by atoms with Crippen LogP contribution in [0.2, 0.25) is 0 Å². The van der Waals surface area contributed by atoms with Crippen molar-refractivity contribution in [1.82, 2.24) is 5.32 Å². The van der Waals surface area contributed by atoms with Crippen molar-refractivity contribution in [3.8, 4) is 0 Å².